The predicted molar refractivity (Wildman–Crippen MR) is 91.1 cm³/mol. The number of rotatable bonds is 5. The minimum Gasteiger partial charge on any atom is -0.478 e. The SMILES string of the molecule is CSCc1nc(C(=O)Nc2ccc(Br)cc2C(=O)O)cc(=O)[nH]1. The molecule has 120 valence electrons. The summed E-state index contributed by atoms with van der Waals surface area (Å²) in [5.74, 6) is -0.995. The van der Waals surface area contributed by atoms with Gasteiger partial charge in [-0.25, -0.2) is 9.78 Å². The fraction of sp³-hybridized carbons (Fsp3) is 0.143. The third-order valence-electron chi connectivity index (χ3n) is 2.76. The van der Waals surface area contributed by atoms with Crippen LogP contribution in [0.15, 0.2) is 33.5 Å². The van der Waals surface area contributed by atoms with E-state index in [0.29, 0.717) is 16.0 Å². The first-order valence-electron chi connectivity index (χ1n) is 6.34. The van der Waals surface area contributed by atoms with E-state index in [-0.39, 0.29) is 16.9 Å². The molecule has 0 unspecified atom stereocenters. The standard InChI is InChI=1S/C14H12BrN3O4S/c1-23-6-11-16-10(5-12(19)18-11)13(20)17-9-3-2-7(15)4-8(9)14(21)22/h2-5H,6H2,1H3,(H,17,20)(H,21,22)(H,16,18,19). The van der Waals surface area contributed by atoms with Crippen LogP contribution in [0.3, 0.4) is 0 Å². The van der Waals surface area contributed by atoms with Crippen LogP contribution in [0.1, 0.15) is 26.7 Å². The number of benzene rings is 1. The van der Waals surface area contributed by atoms with Crippen molar-refractivity contribution >= 4 is 45.3 Å². The monoisotopic (exact) mass is 397 g/mol. The first-order valence-corrected chi connectivity index (χ1v) is 8.52. The highest BCUT2D eigenvalue weighted by Crippen LogP contribution is 2.21. The summed E-state index contributed by atoms with van der Waals surface area (Å²) in [5.41, 5.74) is -0.457. The number of hydrogen-bond donors (Lipinski definition) is 3. The topological polar surface area (TPSA) is 112 Å². The summed E-state index contributed by atoms with van der Waals surface area (Å²) >= 11 is 4.62. The number of nitrogens with one attached hydrogen (secondary N) is 2. The summed E-state index contributed by atoms with van der Waals surface area (Å²) in [6.07, 6.45) is 1.84. The van der Waals surface area contributed by atoms with Gasteiger partial charge in [-0.1, -0.05) is 15.9 Å². The zero-order chi connectivity index (χ0) is 17.0. The lowest BCUT2D eigenvalue weighted by Gasteiger charge is -2.09. The molecule has 0 atom stereocenters. The third kappa shape index (κ3) is 4.42. The Labute approximate surface area is 143 Å². The molecule has 0 bridgehead atoms. The molecule has 2 aromatic rings. The molecule has 0 aliphatic heterocycles. The molecule has 0 aliphatic rings. The van der Waals surface area contributed by atoms with Crippen molar-refractivity contribution in [3.8, 4) is 0 Å². The van der Waals surface area contributed by atoms with Gasteiger partial charge in [0.05, 0.1) is 17.0 Å². The average molecular weight is 398 g/mol. The molecule has 23 heavy (non-hydrogen) atoms. The molecule has 0 saturated heterocycles. The normalized spacial score (nSPS) is 10.3. The summed E-state index contributed by atoms with van der Waals surface area (Å²) in [7, 11) is 0. The molecule has 1 aromatic carbocycles. The minimum absolute atomic E-state index is 0.0677. The van der Waals surface area contributed by atoms with Gasteiger partial charge >= 0.3 is 5.97 Å². The number of carboxylic acids is 1. The zero-order valence-corrected chi connectivity index (χ0v) is 14.3. The predicted octanol–water partition coefficient (Wildman–Crippen LogP) is 2.35. The van der Waals surface area contributed by atoms with Gasteiger partial charge in [0.2, 0.25) is 0 Å². The first kappa shape index (κ1) is 17.2. The molecule has 1 amide bonds. The Kier molecular flexibility index (Phi) is 5.56. The smallest absolute Gasteiger partial charge is 0.337 e. The molecule has 1 heterocycles. The molecule has 0 fully saturated rings. The zero-order valence-electron chi connectivity index (χ0n) is 11.9. The highest BCUT2D eigenvalue weighted by molar-refractivity contribution is 9.10. The third-order valence-corrected chi connectivity index (χ3v) is 3.82. The van der Waals surface area contributed by atoms with E-state index in [4.69, 9.17) is 0 Å². The summed E-state index contributed by atoms with van der Waals surface area (Å²) in [6.45, 7) is 0. The van der Waals surface area contributed by atoms with Crippen molar-refractivity contribution in [1.82, 2.24) is 9.97 Å². The average Bonchev–Trinajstić information content (AvgIpc) is 2.48. The van der Waals surface area contributed by atoms with Gasteiger partial charge in [0.15, 0.2) is 0 Å². The highest BCUT2D eigenvalue weighted by atomic mass is 79.9. The number of aromatic amines is 1. The molecule has 7 nitrogen and oxygen atoms in total. The van der Waals surface area contributed by atoms with Crippen LogP contribution in [0.25, 0.3) is 0 Å². The molecule has 0 saturated carbocycles. The van der Waals surface area contributed by atoms with Crippen LogP contribution in [0, 0.1) is 0 Å². The Morgan fingerprint density at radius 1 is 1.39 bits per heavy atom. The van der Waals surface area contributed by atoms with Gasteiger partial charge in [0.1, 0.15) is 11.5 Å². The van der Waals surface area contributed by atoms with Gasteiger partial charge < -0.3 is 15.4 Å². The molecular weight excluding hydrogens is 386 g/mol. The number of amides is 1. The number of carbonyl (C=O) groups excluding carboxylic acids is 1. The van der Waals surface area contributed by atoms with Crippen LogP contribution < -0.4 is 10.9 Å². The highest BCUT2D eigenvalue weighted by Gasteiger charge is 2.16. The molecular formula is C14H12BrN3O4S. The molecule has 2 rings (SSSR count). The summed E-state index contributed by atoms with van der Waals surface area (Å²) in [6, 6.07) is 5.51. The van der Waals surface area contributed by atoms with Crippen LogP contribution in [0.2, 0.25) is 0 Å². The van der Waals surface area contributed by atoms with Crippen LogP contribution in [0.4, 0.5) is 5.69 Å². The fourth-order valence-electron chi connectivity index (χ4n) is 1.82. The first-order chi connectivity index (χ1) is 10.9. The van der Waals surface area contributed by atoms with E-state index in [1.807, 2.05) is 6.26 Å². The van der Waals surface area contributed by atoms with Gasteiger partial charge in [-0.15, -0.1) is 0 Å². The van der Waals surface area contributed by atoms with Crippen molar-refractivity contribution in [2.45, 2.75) is 5.75 Å². The number of anilines is 1. The number of thioether (sulfide) groups is 1. The van der Waals surface area contributed by atoms with Gasteiger partial charge in [0.25, 0.3) is 11.5 Å². The van der Waals surface area contributed by atoms with Crippen LogP contribution in [-0.4, -0.2) is 33.2 Å². The fourth-order valence-corrected chi connectivity index (χ4v) is 2.59. The molecule has 9 heteroatoms. The van der Waals surface area contributed by atoms with Crippen molar-refractivity contribution < 1.29 is 14.7 Å². The number of hydrogen-bond acceptors (Lipinski definition) is 5. The Bertz CT molecular complexity index is 822. The number of H-pyrrole nitrogens is 1. The maximum absolute atomic E-state index is 12.2. The van der Waals surface area contributed by atoms with Crippen molar-refractivity contribution in [1.29, 1.82) is 0 Å². The number of aromatic carboxylic acids is 1. The van der Waals surface area contributed by atoms with E-state index in [1.54, 1.807) is 6.07 Å². The van der Waals surface area contributed by atoms with Crippen molar-refractivity contribution in [3.63, 3.8) is 0 Å². The lowest BCUT2D eigenvalue weighted by atomic mass is 10.1. The second-order valence-electron chi connectivity index (χ2n) is 4.46. The van der Waals surface area contributed by atoms with E-state index in [1.165, 1.54) is 23.9 Å². The molecule has 0 spiro atoms. The largest absolute Gasteiger partial charge is 0.478 e. The van der Waals surface area contributed by atoms with Crippen LogP contribution in [0.5, 0.6) is 0 Å². The second kappa shape index (κ2) is 7.42. The van der Waals surface area contributed by atoms with E-state index in [0.717, 1.165) is 6.07 Å². The van der Waals surface area contributed by atoms with E-state index in [9.17, 15) is 19.5 Å². The van der Waals surface area contributed by atoms with E-state index >= 15 is 0 Å². The summed E-state index contributed by atoms with van der Waals surface area (Å²) < 4.78 is 0.574. The summed E-state index contributed by atoms with van der Waals surface area (Å²) in [4.78, 5) is 41.7. The molecule has 0 radical (unpaired) electrons. The number of aromatic nitrogens is 2. The van der Waals surface area contributed by atoms with Gasteiger partial charge in [0, 0.05) is 10.5 Å². The van der Waals surface area contributed by atoms with Gasteiger partial charge in [-0.3, -0.25) is 9.59 Å². The second-order valence-corrected chi connectivity index (χ2v) is 6.24. The maximum Gasteiger partial charge on any atom is 0.337 e. The van der Waals surface area contributed by atoms with E-state index < -0.39 is 17.4 Å². The Morgan fingerprint density at radius 3 is 2.78 bits per heavy atom. The molecule has 1 aromatic heterocycles. The number of nitrogens with zero attached hydrogens (tertiary/aromatic N) is 1. The quantitative estimate of drug-likeness (QED) is 0.713. The minimum atomic E-state index is -1.18. The van der Waals surface area contributed by atoms with E-state index in [2.05, 4.69) is 31.2 Å². The molecule has 3 N–H and O–H groups in total. The van der Waals surface area contributed by atoms with Crippen LogP contribution in [-0.2, 0) is 5.75 Å². The lowest BCUT2D eigenvalue weighted by molar-refractivity contribution is 0.0698. The van der Waals surface area contributed by atoms with Gasteiger partial charge in [-0.05, 0) is 24.5 Å². The van der Waals surface area contributed by atoms with Crippen molar-refractivity contribution in [3.05, 3.63) is 56.2 Å². The van der Waals surface area contributed by atoms with Gasteiger partial charge in [-0.2, -0.15) is 11.8 Å². The Balaban J connectivity index is 2.33. The number of halogens is 1. The van der Waals surface area contributed by atoms with Crippen molar-refractivity contribution in [2.24, 2.45) is 0 Å². The number of carbonyl (C=O) groups is 2. The maximum atomic E-state index is 12.2. The Morgan fingerprint density at radius 2 is 2.13 bits per heavy atom. The Hall–Kier alpha value is -2.13. The summed E-state index contributed by atoms with van der Waals surface area (Å²) in [5, 5.41) is 11.7. The molecule has 0 aliphatic carbocycles. The van der Waals surface area contributed by atoms with Crippen molar-refractivity contribution in [2.75, 3.05) is 11.6 Å². The number of carboxylic acid groups (broad SMARTS) is 1. The van der Waals surface area contributed by atoms with Crippen LogP contribution >= 0.6 is 27.7 Å². The lowest BCUT2D eigenvalue weighted by Crippen LogP contribution is -2.21.